The van der Waals surface area contributed by atoms with E-state index < -0.39 is 0 Å². The lowest BCUT2D eigenvalue weighted by Gasteiger charge is -1.97. The van der Waals surface area contributed by atoms with Crippen LogP contribution in [-0.2, 0) is 0 Å². The van der Waals surface area contributed by atoms with Crippen LogP contribution in [0.1, 0.15) is 18.4 Å². The number of hydrogen-bond acceptors (Lipinski definition) is 1. The number of nitrogen functional groups attached to an aromatic ring is 1. The molecule has 0 amide bonds. The summed E-state index contributed by atoms with van der Waals surface area (Å²) < 4.78 is 13.0. The lowest BCUT2D eigenvalue weighted by molar-refractivity contribution is 0.632. The molecule has 2 heteroatoms. The Labute approximate surface area is 77.1 Å². The molecule has 2 rings (SSSR count). The molecule has 0 atom stereocenters. The quantitative estimate of drug-likeness (QED) is 0.690. The van der Waals surface area contributed by atoms with Gasteiger partial charge in [0.2, 0.25) is 0 Å². The van der Waals surface area contributed by atoms with E-state index in [0.717, 1.165) is 11.5 Å². The van der Waals surface area contributed by atoms with E-state index in [1.165, 1.54) is 18.9 Å². The SMILES string of the molecule is Nc1ccc(/C=C/C2CC2)cc1F. The van der Waals surface area contributed by atoms with Gasteiger partial charge >= 0.3 is 0 Å². The van der Waals surface area contributed by atoms with E-state index >= 15 is 0 Å². The molecule has 1 aliphatic rings. The van der Waals surface area contributed by atoms with Crippen LogP contribution in [0.2, 0.25) is 0 Å². The Balaban J connectivity index is 2.15. The molecule has 0 aromatic heterocycles. The number of hydrogen-bond donors (Lipinski definition) is 1. The molecule has 1 aromatic rings. The highest BCUT2D eigenvalue weighted by Gasteiger charge is 2.16. The van der Waals surface area contributed by atoms with Crippen LogP contribution >= 0.6 is 0 Å². The first-order valence-electron chi connectivity index (χ1n) is 4.49. The predicted octanol–water partition coefficient (Wildman–Crippen LogP) is 2.83. The number of allylic oxidation sites excluding steroid dienone is 1. The molecule has 13 heavy (non-hydrogen) atoms. The molecule has 1 aliphatic carbocycles. The highest BCUT2D eigenvalue weighted by atomic mass is 19.1. The van der Waals surface area contributed by atoms with Crippen LogP contribution in [0.5, 0.6) is 0 Å². The average molecular weight is 177 g/mol. The van der Waals surface area contributed by atoms with E-state index in [2.05, 4.69) is 6.08 Å². The van der Waals surface area contributed by atoms with Gasteiger partial charge < -0.3 is 5.73 Å². The Morgan fingerprint density at radius 1 is 1.38 bits per heavy atom. The lowest BCUT2D eigenvalue weighted by Crippen LogP contribution is -1.89. The molecule has 2 N–H and O–H groups in total. The molecule has 68 valence electrons. The molecule has 0 radical (unpaired) electrons. The fourth-order valence-corrected chi connectivity index (χ4v) is 1.18. The molecule has 1 nitrogen and oxygen atoms in total. The molecule has 1 aromatic carbocycles. The number of nitrogens with two attached hydrogens (primary N) is 1. The van der Waals surface area contributed by atoms with Crippen LogP contribution in [-0.4, -0.2) is 0 Å². The summed E-state index contributed by atoms with van der Waals surface area (Å²) in [5.74, 6) is 0.388. The van der Waals surface area contributed by atoms with Crippen LogP contribution in [0.4, 0.5) is 10.1 Å². The van der Waals surface area contributed by atoms with Gasteiger partial charge in [-0.05, 0) is 36.5 Å². The number of halogens is 1. The van der Waals surface area contributed by atoms with Crippen molar-refractivity contribution in [1.82, 2.24) is 0 Å². The fourth-order valence-electron chi connectivity index (χ4n) is 1.18. The summed E-state index contributed by atoms with van der Waals surface area (Å²) in [4.78, 5) is 0. The van der Waals surface area contributed by atoms with Gasteiger partial charge in [-0.3, -0.25) is 0 Å². The molecule has 0 bridgehead atoms. The molecule has 0 heterocycles. The zero-order valence-corrected chi connectivity index (χ0v) is 7.33. The minimum atomic E-state index is -0.335. The van der Waals surface area contributed by atoms with Crippen LogP contribution in [0, 0.1) is 11.7 Å². The molecule has 0 spiro atoms. The first-order chi connectivity index (χ1) is 6.25. The summed E-state index contributed by atoms with van der Waals surface area (Å²) in [6.45, 7) is 0. The van der Waals surface area contributed by atoms with Crippen LogP contribution < -0.4 is 5.73 Å². The molecule has 1 saturated carbocycles. The van der Waals surface area contributed by atoms with Crippen LogP contribution in [0.3, 0.4) is 0 Å². The predicted molar refractivity (Wildman–Crippen MR) is 52.6 cm³/mol. The second-order valence-corrected chi connectivity index (χ2v) is 3.48. The van der Waals surface area contributed by atoms with Crippen molar-refractivity contribution in [2.45, 2.75) is 12.8 Å². The Kier molecular flexibility index (Phi) is 2.05. The van der Waals surface area contributed by atoms with Crippen molar-refractivity contribution in [2.75, 3.05) is 5.73 Å². The van der Waals surface area contributed by atoms with Gasteiger partial charge in [-0.15, -0.1) is 0 Å². The van der Waals surface area contributed by atoms with E-state index in [-0.39, 0.29) is 11.5 Å². The second-order valence-electron chi connectivity index (χ2n) is 3.48. The van der Waals surface area contributed by atoms with Crippen molar-refractivity contribution in [1.29, 1.82) is 0 Å². The maximum atomic E-state index is 13.0. The molecule has 1 fully saturated rings. The zero-order chi connectivity index (χ0) is 9.26. The third-order valence-corrected chi connectivity index (χ3v) is 2.21. The normalized spacial score (nSPS) is 16.7. The molecular formula is C11H12FN. The largest absolute Gasteiger partial charge is 0.396 e. The fraction of sp³-hybridized carbons (Fsp3) is 0.273. The van der Waals surface area contributed by atoms with Crippen molar-refractivity contribution in [2.24, 2.45) is 5.92 Å². The highest BCUT2D eigenvalue weighted by Crippen LogP contribution is 2.30. The Morgan fingerprint density at radius 2 is 2.15 bits per heavy atom. The minimum Gasteiger partial charge on any atom is -0.396 e. The van der Waals surface area contributed by atoms with E-state index in [0.29, 0.717) is 0 Å². The first kappa shape index (κ1) is 8.30. The van der Waals surface area contributed by atoms with Gasteiger partial charge in [0.15, 0.2) is 0 Å². The van der Waals surface area contributed by atoms with E-state index in [1.807, 2.05) is 12.1 Å². The number of anilines is 1. The molecule has 0 aliphatic heterocycles. The molecule has 0 saturated heterocycles. The van der Waals surface area contributed by atoms with Crippen molar-refractivity contribution in [3.8, 4) is 0 Å². The Hall–Kier alpha value is -1.31. The van der Waals surface area contributed by atoms with Crippen LogP contribution in [0.15, 0.2) is 24.3 Å². The smallest absolute Gasteiger partial charge is 0.146 e. The van der Waals surface area contributed by atoms with Crippen molar-refractivity contribution in [3.05, 3.63) is 35.7 Å². The monoisotopic (exact) mass is 177 g/mol. The first-order valence-corrected chi connectivity index (χ1v) is 4.49. The average Bonchev–Trinajstić information content (AvgIpc) is 2.91. The van der Waals surface area contributed by atoms with E-state index in [1.54, 1.807) is 6.07 Å². The van der Waals surface area contributed by atoms with Gasteiger partial charge in [0, 0.05) is 0 Å². The van der Waals surface area contributed by atoms with Crippen molar-refractivity contribution >= 4 is 11.8 Å². The highest BCUT2D eigenvalue weighted by molar-refractivity contribution is 5.54. The van der Waals surface area contributed by atoms with Gasteiger partial charge in [-0.25, -0.2) is 4.39 Å². The standard InChI is InChI=1S/C11H12FN/c12-10-7-9(5-6-11(10)13)4-3-8-1-2-8/h3-8H,1-2,13H2/b4-3+. The lowest BCUT2D eigenvalue weighted by atomic mass is 10.1. The minimum absolute atomic E-state index is 0.212. The van der Waals surface area contributed by atoms with Crippen molar-refractivity contribution in [3.63, 3.8) is 0 Å². The topological polar surface area (TPSA) is 26.0 Å². The number of rotatable bonds is 2. The second kappa shape index (κ2) is 3.21. The summed E-state index contributed by atoms with van der Waals surface area (Å²) in [6, 6.07) is 4.90. The summed E-state index contributed by atoms with van der Waals surface area (Å²) >= 11 is 0. The van der Waals surface area contributed by atoms with Crippen LogP contribution in [0.25, 0.3) is 6.08 Å². The van der Waals surface area contributed by atoms with Gasteiger partial charge in [-0.2, -0.15) is 0 Å². The van der Waals surface area contributed by atoms with Crippen molar-refractivity contribution < 1.29 is 4.39 Å². The maximum Gasteiger partial charge on any atom is 0.146 e. The Morgan fingerprint density at radius 3 is 2.77 bits per heavy atom. The van der Waals surface area contributed by atoms with Gasteiger partial charge in [0.1, 0.15) is 5.82 Å². The molecule has 0 unspecified atom stereocenters. The van der Waals surface area contributed by atoms with Gasteiger partial charge in [0.05, 0.1) is 5.69 Å². The van der Waals surface area contributed by atoms with Gasteiger partial charge in [-0.1, -0.05) is 18.2 Å². The zero-order valence-electron chi connectivity index (χ0n) is 7.33. The summed E-state index contributed by atoms with van der Waals surface area (Å²) in [6.07, 6.45) is 6.63. The van der Waals surface area contributed by atoms with Gasteiger partial charge in [0.25, 0.3) is 0 Å². The number of benzene rings is 1. The summed E-state index contributed by atoms with van der Waals surface area (Å²) in [7, 11) is 0. The van der Waals surface area contributed by atoms with E-state index in [4.69, 9.17) is 5.73 Å². The Bertz CT molecular complexity index is 340. The molecular weight excluding hydrogens is 165 g/mol. The van der Waals surface area contributed by atoms with E-state index in [9.17, 15) is 4.39 Å². The summed E-state index contributed by atoms with van der Waals surface area (Å²) in [5, 5.41) is 0. The third-order valence-electron chi connectivity index (χ3n) is 2.21. The maximum absolute atomic E-state index is 13.0. The third kappa shape index (κ3) is 2.08. The summed E-state index contributed by atoms with van der Waals surface area (Å²) in [5.41, 5.74) is 6.46.